The molecule has 0 unspecified atom stereocenters. The zero-order chi connectivity index (χ0) is 20.6. The van der Waals surface area contributed by atoms with Crippen molar-refractivity contribution in [2.75, 3.05) is 13.2 Å². The fourth-order valence-electron chi connectivity index (χ4n) is 4.45. The highest BCUT2D eigenvalue weighted by molar-refractivity contribution is 6.07. The number of aryl methyl sites for hydroxylation is 3. The minimum Gasteiger partial charge on any atom is -0.490 e. The Morgan fingerprint density at radius 2 is 1.86 bits per heavy atom. The third-order valence-electron chi connectivity index (χ3n) is 5.87. The summed E-state index contributed by atoms with van der Waals surface area (Å²) in [6, 6.07) is 13.1. The first kappa shape index (κ1) is 19.5. The van der Waals surface area contributed by atoms with E-state index in [-0.39, 0.29) is 19.1 Å². The molecule has 3 amide bonds. The summed E-state index contributed by atoms with van der Waals surface area (Å²) in [5.74, 6) is 0.433. The quantitative estimate of drug-likeness (QED) is 0.765. The Kier molecular flexibility index (Phi) is 5.04. The van der Waals surface area contributed by atoms with Crippen molar-refractivity contribution in [3.63, 3.8) is 0 Å². The molecule has 152 valence electrons. The van der Waals surface area contributed by atoms with Gasteiger partial charge in [0.25, 0.3) is 5.91 Å². The summed E-state index contributed by atoms with van der Waals surface area (Å²) in [6.07, 6.45) is 1.32. The molecule has 6 heteroatoms. The van der Waals surface area contributed by atoms with Crippen molar-refractivity contribution in [3.8, 4) is 5.75 Å². The minimum absolute atomic E-state index is 0.00629. The van der Waals surface area contributed by atoms with E-state index in [0.717, 1.165) is 45.7 Å². The predicted molar refractivity (Wildman–Crippen MR) is 109 cm³/mol. The number of aliphatic hydroxyl groups excluding tert-OH is 1. The van der Waals surface area contributed by atoms with Gasteiger partial charge in [-0.05, 0) is 55.4 Å². The Morgan fingerprint density at radius 1 is 1.14 bits per heavy atom. The van der Waals surface area contributed by atoms with E-state index in [0.29, 0.717) is 6.42 Å². The minimum atomic E-state index is -1.01. The number of carbonyl (C=O) groups is 2. The van der Waals surface area contributed by atoms with Gasteiger partial charge in [0.05, 0.1) is 6.54 Å². The number of benzene rings is 2. The lowest BCUT2D eigenvalue weighted by molar-refractivity contribution is -0.133. The maximum Gasteiger partial charge on any atom is 0.325 e. The number of hydrogen-bond acceptors (Lipinski definition) is 4. The van der Waals surface area contributed by atoms with Gasteiger partial charge in [-0.25, -0.2) is 4.79 Å². The van der Waals surface area contributed by atoms with Crippen molar-refractivity contribution < 1.29 is 19.4 Å². The van der Waals surface area contributed by atoms with E-state index in [1.54, 1.807) is 0 Å². The number of amides is 3. The summed E-state index contributed by atoms with van der Waals surface area (Å²) in [5.41, 5.74) is 2.90. The van der Waals surface area contributed by atoms with E-state index in [1.807, 2.05) is 56.3 Å². The van der Waals surface area contributed by atoms with E-state index in [1.165, 1.54) is 0 Å². The van der Waals surface area contributed by atoms with Gasteiger partial charge < -0.3 is 15.2 Å². The third-order valence-corrected chi connectivity index (χ3v) is 5.87. The van der Waals surface area contributed by atoms with Crippen molar-refractivity contribution in [3.05, 3.63) is 64.7 Å². The molecule has 2 aromatic carbocycles. The number of hydrogen-bond donors (Lipinski definition) is 2. The SMILES string of the molecule is Cc1cccc(C)c1OC[C@@H](O)CN1C(=O)N[C@@]2(CCCc3ccccc32)C1=O. The lowest BCUT2D eigenvalue weighted by Gasteiger charge is -2.33. The summed E-state index contributed by atoms with van der Waals surface area (Å²) in [6.45, 7) is 3.79. The topological polar surface area (TPSA) is 78.9 Å². The van der Waals surface area contributed by atoms with Crippen molar-refractivity contribution in [1.82, 2.24) is 10.2 Å². The van der Waals surface area contributed by atoms with Crippen molar-refractivity contribution in [2.24, 2.45) is 0 Å². The van der Waals surface area contributed by atoms with Crippen LogP contribution in [0.1, 0.15) is 35.1 Å². The molecular formula is C23H26N2O4. The maximum absolute atomic E-state index is 13.3. The van der Waals surface area contributed by atoms with Crippen LogP contribution in [0.4, 0.5) is 4.79 Å². The summed E-state index contributed by atoms with van der Waals surface area (Å²) < 4.78 is 5.78. The molecule has 0 saturated carbocycles. The first-order chi connectivity index (χ1) is 13.9. The molecular weight excluding hydrogens is 368 g/mol. The molecule has 2 aliphatic rings. The zero-order valence-corrected chi connectivity index (χ0v) is 16.8. The Balaban J connectivity index is 1.48. The van der Waals surface area contributed by atoms with Gasteiger partial charge in [0.2, 0.25) is 0 Å². The number of fused-ring (bicyclic) bond motifs is 2. The van der Waals surface area contributed by atoms with E-state index in [9.17, 15) is 14.7 Å². The number of aliphatic hydroxyl groups is 1. The van der Waals surface area contributed by atoms with Gasteiger partial charge in [0, 0.05) is 0 Å². The molecule has 29 heavy (non-hydrogen) atoms. The summed E-state index contributed by atoms with van der Waals surface area (Å²) in [4.78, 5) is 27.0. The van der Waals surface area contributed by atoms with Crippen LogP contribution in [0.3, 0.4) is 0 Å². The van der Waals surface area contributed by atoms with E-state index in [4.69, 9.17) is 4.74 Å². The Labute approximate surface area is 170 Å². The van der Waals surface area contributed by atoms with E-state index >= 15 is 0 Å². The first-order valence-corrected chi connectivity index (χ1v) is 10.0. The van der Waals surface area contributed by atoms with Gasteiger partial charge >= 0.3 is 6.03 Å². The lowest BCUT2D eigenvalue weighted by atomic mass is 9.76. The molecule has 1 aliphatic heterocycles. The van der Waals surface area contributed by atoms with Gasteiger partial charge in [-0.15, -0.1) is 0 Å². The molecule has 2 aromatic rings. The summed E-state index contributed by atoms with van der Waals surface area (Å²) in [5, 5.41) is 13.4. The number of para-hydroxylation sites is 1. The first-order valence-electron chi connectivity index (χ1n) is 10.0. The van der Waals surface area contributed by atoms with Crippen LogP contribution in [0.5, 0.6) is 5.75 Å². The van der Waals surface area contributed by atoms with Crippen LogP contribution in [0.15, 0.2) is 42.5 Å². The molecule has 1 aliphatic carbocycles. The Hall–Kier alpha value is -2.86. The highest BCUT2D eigenvalue weighted by atomic mass is 16.5. The lowest BCUT2D eigenvalue weighted by Crippen LogP contribution is -2.47. The number of nitrogens with zero attached hydrogens (tertiary/aromatic N) is 1. The van der Waals surface area contributed by atoms with Crippen LogP contribution in [0.25, 0.3) is 0 Å². The number of rotatable bonds is 5. The number of carbonyl (C=O) groups excluding carboxylic acids is 2. The van der Waals surface area contributed by atoms with Crippen LogP contribution in [-0.4, -0.2) is 41.2 Å². The second kappa shape index (κ2) is 7.52. The molecule has 1 saturated heterocycles. The molecule has 0 bridgehead atoms. The summed E-state index contributed by atoms with van der Waals surface area (Å²) >= 11 is 0. The highest BCUT2D eigenvalue weighted by Gasteiger charge is 2.54. The maximum atomic E-state index is 13.3. The second-order valence-electron chi connectivity index (χ2n) is 7.95. The van der Waals surface area contributed by atoms with Crippen LogP contribution in [0.2, 0.25) is 0 Å². The predicted octanol–water partition coefficient (Wildman–Crippen LogP) is 2.83. The van der Waals surface area contributed by atoms with Crippen LogP contribution in [-0.2, 0) is 16.8 Å². The molecule has 2 atom stereocenters. The molecule has 0 radical (unpaired) electrons. The standard InChI is InChI=1S/C23H26N2O4/c1-15-7-5-8-16(2)20(15)29-14-18(26)13-25-21(27)23(24-22(25)28)12-6-10-17-9-3-4-11-19(17)23/h3-5,7-9,11,18,26H,6,10,12-14H2,1-2H3,(H,24,28)/t18-,23+/m0/s1. The number of urea groups is 1. The summed E-state index contributed by atoms with van der Waals surface area (Å²) in [7, 11) is 0. The number of β-amino-alcohol motifs (C(OH)–C–C–N with tert-alkyl or cyclic N) is 1. The average Bonchev–Trinajstić information content (AvgIpc) is 2.93. The molecule has 2 N–H and O–H groups in total. The number of ether oxygens (including phenoxy) is 1. The van der Waals surface area contributed by atoms with Crippen LogP contribution < -0.4 is 10.1 Å². The van der Waals surface area contributed by atoms with Crippen molar-refractivity contribution in [2.45, 2.75) is 44.8 Å². The van der Waals surface area contributed by atoms with Gasteiger partial charge in [0.15, 0.2) is 0 Å². The largest absolute Gasteiger partial charge is 0.490 e. The third kappa shape index (κ3) is 3.38. The fraction of sp³-hybridized carbons (Fsp3) is 0.391. The molecule has 1 heterocycles. The van der Waals surface area contributed by atoms with Crippen LogP contribution >= 0.6 is 0 Å². The van der Waals surface area contributed by atoms with Crippen molar-refractivity contribution >= 4 is 11.9 Å². The van der Waals surface area contributed by atoms with Crippen LogP contribution in [0, 0.1) is 13.8 Å². The fourth-order valence-corrected chi connectivity index (χ4v) is 4.45. The molecule has 4 rings (SSSR count). The second-order valence-corrected chi connectivity index (χ2v) is 7.95. The van der Waals surface area contributed by atoms with Gasteiger partial charge in [-0.1, -0.05) is 42.5 Å². The Morgan fingerprint density at radius 3 is 2.62 bits per heavy atom. The number of imide groups is 1. The zero-order valence-electron chi connectivity index (χ0n) is 16.8. The van der Waals surface area contributed by atoms with Gasteiger partial charge in [-0.2, -0.15) is 0 Å². The number of nitrogens with one attached hydrogen (secondary N) is 1. The van der Waals surface area contributed by atoms with Gasteiger partial charge in [0.1, 0.15) is 24.0 Å². The van der Waals surface area contributed by atoms with Crippen molar-refractivity contribution in [1.29, 1.82) is 0 Å². The molecule has 0 aromatic heterocycles. The highest BCUT2D eigenvalue weighted by Crippen LogP contribution is 2.39. The monoisotopic (exact) mass is 394 g/mol. The van der Waals surface area contributed by atoms with Gasteiger partial charge in [-0.3, -0.25) is 9.69 Å². The normalized spacial score (nSPS) is 21.8. The average molecular weight is 394 g/mol. The smallest absolute Gasteiger partial charge is 0.325 e. The Bertz CT molecular complexity index is 937. The van der Waals surface area contributed by atoms with E-state index < -0.39 is 17.7 Å². The molecule has 1 fully saturated rings. The van der Waals surface area contributed by atoms with E-state index in [2.05, 4.69) is 5.32 Å². The molecule has 1 spiro atoms. The molecule has 6 nitrogen and oxygen atoms in total.